The molecular weight excluding hydrogens is 337 g/mol. The molecule has 1 aromatic heterocycles. The fourth-order valence-electron chi connectivity index (χ4n) is 3.23. The molecule has 1 fully saturated rings. The van der Waals surface area contributed by atoms with Crippen molar-refractivity contribution in [3.05, 3.63) is 47.5 Å². The molecule has 1 saturated heterocycles. The Hall–Kier alpha value is -2.65. The molecule has 8 nitrogen and oxygen atoms in total. The molecule has 0 amide bonds. The molecule has 0 unspecified atom stereocenters. The highest BCUT2D eigenvalue weighted by molar-refractivity contribution is 6.44. The molecule has 2 aliphatic heterocycles. The van der Waals surface area contributed by atoms with E-state index in [1.165, 1.54) is 0 Å². The van der Waals surface area contributed by atoms with Crippen LogP contribution in [0.25, 0.3) is 0 Å². The van der Waals surface area contributed by atoms with Crippen molar-refractivity contribution in [2.75, 3.05) is 13.1 Å². The third-order valence-corrected chi connectivity index (χ3v) is 4.53. The number of benzene rings is 1. The third-order valence-electron chi connectivity index (χ3n) is 4.53. The van der Waals surface area contributed by atoms with Crippen LogP contribution in [0.2, 0.25) is 6.32 Å². The van der Waals surface area contributed by atoms with Crippen LogP contribution in [-0.2, 0) is 13.0 Å². The molecule has 0 aliphatic carbocycles. The second-order valence-corrected chi connectivity index (χ2v) is 6.44. The maximum atomic E-state index is 11.7. The van der Waals surface area contributed by atoms with Crippen LogP contribution < -0.4 is 9.39 Å². The van der Waals surface area contributed by atoms with Crippen LogP contribution in [0.3, 0.4) is 0 Å². The molecule has 2 aliphatic rings. The lowest BCUT2D eigenvalue weighted by molar-refractivity contribution is 0.0120. The minimum Gasteiger partial charge on any atom is -0.535 e. The molecule has 0 bridgehead atoms. The van der Waals surface area contributed by atoms with Gasteiger partial charge in [0.2, 0.25) is 0 Å². The summed E-state index contributed by atoms with van der Waals surface area (Å²) >= 11 is 0. The Morgan fingerprint density at radius 3 is 2.85 bits per heavy atom. The average Bonchev–Trinajstić information content (AvgIpc) is 2.60. The monoisotopic (exact) mass is 355 g/mol. The van der Waals surface area contributed by atoms with Crippen molar-refractivity contribution >= 4 is 13.1 Å². The number of nitrogens with zero attached hydrogens (tertiary/aromatic N) is 3. The molecule has 2 N–H and O–H groups in total. The molecule has 0 radical (unpaired) electrons. The zero-order valence-corrected chi connectivity index (χ0v) is 14.0. The molecule has 134 valence electrons. The summed E-state index contributed by atoms with van der Waals surface area (Å²) in [5, 5.41) is 19.3. The largest absolute Gasteiger partial charge is 0.535 e. The topological polar surface area (TPSA) is 105 Å². The summed E-state index contributed by atoms with van der Waals surface area (Å²) in [4.78, 5) is 22.2. The highest BCUT2D eigenvalue weighted by atomic mass is 16.5. The fourth-order valence-corrected chi connectivity index (χ4v) is 3.23. The number of fused-ring (bicyclic) bond motifs is 1. The van der Waals surface area contributed by atoms with E-state index < -0.39 is 13.1 Å². The summed E-state index contributed by atoms with van der Waals surface area (Å²) in [6.07, 6.45) is 4.33. The standard InChI is InChI=1S/C17H18BN3O5/c22-17(23)15-13(3-2-11-4-5-18(24)26-16(11)15)25-12-8-21(9-12)10-14-19-6-1-7-20-14/h1-3,6-7,12,24H,4-5,8-10H2,(H,22,23). The van der Waals surface area contributed by atoms with Gasteiger partial charge < -0.3 is 19.5 Å². The van der Waals surface area contributed by atoms with E-state index in [9.17, 15) is 14.9 Å². The summed E-state index contributed by atoms with van der Waals surface area (Å²) in [6, 6.07) is 5.25. The summed E-state index contributed by atoms with van der Waals surface area (Å²) in [5.74, 6) is 0.0988. The first-order valence-electron chi connectivity index (χ1n) is 8.49. The Morgan fingerprint density at radius 2 is 2.12 bits per heavy atom. The van der Waals surface area contributed by atoms with Gasteiger partial charge in [-0.1, -0.05) is 6.07 Å². The van der Waals surface area contributed by atoms with Gasteiger partial charge in [0, 0.05) is 25.5 Å². The normalized spacial score (nSPS) is 17.2. The number of carbonyl (C=O) groups is 1. The van der Waals surface area contributed by atoms with Crippen molar-refractivity contribution in [1.82, 2.24) is 14.9 Å². The number of hydrogen-bond acceptors (Lipinski definition) is 7. The van der Waals surface area contributed by atoms with Crippen LogP contribution in [0.4, 0.5) is 0 Å². The molecule has 0 atom stereocenters. The smallest absolute Gasteiger partial charge is 0.522 e. The number of rotatable bonds is 5. The Morgan fingerprint density at radius 1 is 1.35 bits per heavy atom. The van der Waals surface area contributed by atoms with Crippen LogP contribution in [0, 0.1) is 0 Å². The zero-order chi connectivity index (χ0) is 18.1. The average molecular weight is 355 g/mol. The minimum absolute atomic E-state index is 0.0221. The molecule has 4 rings (SSSR count). The number of aromatic nitrogens is 2. The van der Waals surface area contributed by atoms with E-state index in [2.05, 4.69) is 14.9 Å². The molecule has 2 aromatic rings. The van der Waals surface area contributed by atoms with Crippen molar-refractivity contribution in [2.45, 2.75) is 25.4 Å². The first-order chi connectivity index (χ1) is 12.6. The summed E-state index contributed by atoms with van der Waals surface area (Å²) in [6.45, 7) is 1.96. The van der Waals surface area contributed by atoms with Gasteiger partial charge in [0.25, 0.3) is 0 Å². The van der Waals surface area contributed by atoms with Crippen LogP contribution in [0.1, 0.15) is 21.7 Å². The van der Waals surface area contributed by atoms with Gasteiger partial charge >= 0.3 is 13.1 Å². The Kier molecular flexibility index (Phi) is 4.48. The number of carboxylic acids is 1. The zero-order valence-electron chi connectivity index (χ0n) is 14.0. The van der Waals surface area contributed by atoms with Gasteiger partial charge in [-0.25, -0.2) is 14.8 Å². The summed E-state index contributed by atoms with van der Waals surface area (Å²) < 4.78 is 11.3. The van der Waals surface area contributed by atoms with E-state index in [0.29, 0.717) is 32.4 Å². The lowest BCUT2D eigenvalue weighted by Crippen LogP contribution is -2.53. The van der Waals surface area contributed by atoms with E-state index >= 15 is 0 Å². The highest BCUT2D eigenvalue weighted by Crippen LogP contribution is 2.37. The molecular formula is C17H18BN3O5. The molecule has 9 heteroatoms. The van der Waals surface area contributed by atoms with Crippen LogP contribution >= 0.6 is 0 Å². The number of aryl methyl sites for hydroxylation is 1. The van der Waals surface area contributed by atoms with E-state index in [0.717, 1.165) is 11.4 Å². The predicted molar refractivity (Wildman–Crippen MR) is 92.2 cm³/mol. The van der Waals surface area contributed by atoms with Gasteiger partial charge in [-0.2, -0.15) is 0 Å². The van der Waals surface area contributed by atoms with Crippen LogP contribution in [0.15, 0.2) is 30.6 Å². The van der Waals surface area contributed by atoms with E-state index in [1.807, 2.05) is 0 Å². The van der Waals surface area contributed by atoms with E-state index in [4.69, 9.17) is 9.39 Å². The maximum Gasteiger partial charge on any atom is 0.522 e. The first-order valence-corrected chi connectivity index (χ1v) is 8.49. The highest BCUT2D eigenvalue weighted by Gasteiger charge is 2.33. The number of carboxylic acid groups (broad SMARTS) is 1. The second kappa shape index (κ2) is 6.93. The summed E-state index contributed by atoms with van der Waals surface area (Å²) in [5.41, 5.74) is 0.752. The second-order valence-electron chi connectivity index (χ2n) is 6.44. The molecule has 3 heterocycles. The maximum absolute atomic E-state index is 11.7. The van der Waals surface area contributed by atoms with Crippen molar-refractivity contribution < 1.29 is 24.3 Å². The van der Waals surface area contributed by atoms with Crippen molar-refractivity contribution in [1.29, 1.82) is 0 Å². The van der Waals surface area contributed by atoms with E-state index in [-0.39, 0.29) is 23.2 Å². The number of ether oxygens (including phenoxy) is 1. The van der Waals surface area contributed by atoms with Gasteiger partial charge in [0.05, 0.1) is 6.54 Å². The fraction of sp³-hybridized carbons (Fsp3) is 0.353. The van der Waals surface area contributed by atoms with Crippen molar-refractivity contribution in [3.63, 3.8) is 0 Å². The molecule has 0 saturated carbocycles. The minimum atomic E-state index is -1.13. The number of likely N-dealkylation sites (tertiary alicyclic amines) is 1. The van der Waals surface area contributed by atoms with Crippen molar-refractivity contribution in [2.24, 2.45) is 0 Å². The van der Waals surface area contributed by atoms with Crippen LogP contribution in [0.5, 0.6) is 11.5 Å². The molecule has 1 aromatic carbocycles. The SMILES string of the molecule is O=C(O)c1c(OC2CN(Cc3ncccn3)C2)ccc2c1OB(O)CC2. The predicted octanol–water partition coefficient (Wildman–Crippen LogP) is 0.853. The Bertz CT molecular complexity index is 814. The van der Waals surface area contributed by atoms with Gasteiger partial charge in [0.1, 0.15) is 29.0 Å². The van der Waals surface area contributed by atoms with Gasteiger partial charge in [0.15, 0.2) is 0 Å². The lowest BCUT2D eigenvalue weighted by Gasteiger charge is -2.38. The molecule has 0 spiro atoms. The van der Waals surface area contributed by atoms with Gasteiger partial charge in [-0.3, -0.25) is 4.90 Å². The third kappa shape index (κ3) is 3.35. The van der Waals surface area contributed by atoms with E-state index in [1.54, 1.807) is 30.6 Å². The Labute approximate surface area is 150 Å². The first kappa shape index (κ1) is 16.8. The quantitative estimate of drug-likeness (QED) is 0.761. The summed E-state index contributed by atoms with van der Waals surface area (Å²) in [7, 11) is -0.985. The Balaban J connectivity index is 1.44. The van der Waals surface area contributed by atoms with Gasteiger partial charge in [-0.05, 0) is 30.4 Å². The number of aromatic carboxylic acids is 1. The van der Waals surface area contributed by atoms with Crippen molar-refractivity contribution in [3.8, 4) is 11.5 Å². The van der Waals surface area contributed by atoms with Gasteiger partial charge in [-0.15, -0.1) is 0 Å². The lowest BCUT2D eigenvalue weighted by atomic mass is 9.78. The molecule has 26 heavy (non-hydrogen) atoms. The number of hydrogen-bond donors (Lipinski definition) is 2. The van der Waals surface area contributed by atoms with Crippen LogP contribution in [-0.4, -0.2) is 57.3 Å².